The highest BCUT2D eigenvalue weighted by Crippen LogP contribution is 2.22. The summed E-state index contributed by atoms with van der Waals surface area (Å²) < 4.78 is 28.0. The van der Waals surface area contributed by atoms with Gasteiger partial charge in [-0.3, -0.25) is 4.79 Å². The van der Waals surface area contributed by atoms with Gasteiger partial charge in [-0.1, -0.05) is 5.16 Å². The fraction of sp³-hybridized carbons (Fsp3) is 0.462. The minimum atomic E-state index is -3.03. The molecule has 1 aliphatic heterocycles. The lowest BCUT2D eigenvalue weighted by molar-refractivity contribution is 0.0942. The maximum Gasteiger partial charge on any atom is 0.258 e. The number of hydrogen-bond donors (Lipinski definition) is 1. The Morgan fingerprint density at radius 2 is 2.19 bits per heavy atom. The van der Waals surface area contributed by atoms with Crippen LogP contribution in [0.15, 0.2) is 10.6 Å². The molecule has 1 aliphatic rings. The second-order valence-corrected chi connectivity index (χ2v) is 7.56. The standard InChI is InChI=1S/C13H15N3O4S/c1-7-5-10(11-8(2)16-20-13(11)14-7)12(17)15-9-3-4-21(18,19)6-9/h5,9H,3-4,6H2,1-2H3,(H,15,17)/t9-/m1/s1. The highest BCUT2D eigenvalue weighted by atomic mass is 32.2. The second kappa shape index (κ2) is 4.80. The van der Waals surface area contributed by atoms with Crippen molar-refractivity contribution in [1.29, 1.82) is 0 Å². The number of nitrogens with one attached hydrogen (secondary N) is 1. The number of aromatic nitrogens is 2. The number of sulfone groups is 1. The molecule has 1 fully saturated rings. The molecule has 0 saturated carbocycles. The van der Waals surface area contributed by atoms with E-state index >= 15 is 0 Å². The van der Waals surface area contributed by atoms with Gasteiger partial charge in [-0.15, -0.1) is 0 Å². The third-order valence-electron chi connectivity index (χ3n) is 3.56. The maximum absolute atomic E-state index is 12.4. The molecule has 0 spiro atoms. The smallest absolute Gasteiger partial charge is 0.258 e. The third-order valence-corrected chi connectivity index (χ3v) is 5.33. The van der Waals surface area contributed by atoms with E-state index in [-0.39, 0.29) is 23.5 Å². The summed E-state index contributed by atoms with van der Waals surface area (Å²) in [5.74, 6) is -0.206. The van der Waals surface area contributed by atoms with E-state index in [1.807, 2.05) is 0 Å². The van der Waals surface area contributed by atoms with Crippen LogP contribution < -0.4 is 5.32 Å². The quantitative estimate of drug-likeness (QED) is 0.878. The van der Waals surface area contributed by atoms with Crippen LogP contribution in [-0.2, 0) is 9.84 Å². The van der Waals surface area contributed by atoms with Gasteiger partial charge in [-0.05, 0) is 26.3 Å². The van der Waals surface area contributed by atoms with Crippen molar-refractivity contribution >= 4 is 26.8 Å². The Morgan fingerprint density at radius 1 is 1.43 bits per heavy atom. The topological polar surface area (TPSA) is 102 Å². The van der Waals surface area contributed by atoms with Crippen LogP contribution in [0.1, 0.15) is 28.2 Å². The molecule has 21 heavy (non-hydrogen) atoms. The Bertz CT molecular complexity index is 825. The summed E-state index contributed by atoms with van der Waals surface area (Å²) >= 11 is 0. The molecular formula is C13H15N3O4S. The molecule has 0 unspecified atom stereocenters. The summed E-state index contributed by atoms with van der Waals surface area (Å²) in [6.07, 6.45) is 0.448. The number of carbonyl (C=O) groups excluding carboxylic acids is 1. The normalized spacial score (nSPS) is 20.8. The molecule has 3 rings (SSSR count). The van der Waals surface area contributed by atoms with Crippen molar-refractivity contribution in [3.63, 3.8) is 0 Å². The van der Waals surface area contributed by atoms with Gasteiger partial charge in [-0.2, -0.15) is 0 Å². The molecule has 0 bridgehead atoms. The summed E-state index contributed by atoms with van der Waals surface area (Å²) in [7, 11) is -3.03. The van der Waals surface area contributed by atoms with Crippen LogP contribution >= 0.6 is 0 Å². The lowest BCUT2D eigenvalue weighted by atomic mass is 10.1. The van der Waals surface area contributed by atoms with E-state index in [2.05, 4.69) is 15.5 Å². The number of pyridine rings is 1. The zero-order valence-corrected chi connectivity index (χ0v) is 12.5. The number of amides is 1. The molecular weight excluding hydrogens is 294 g/mol. The molecule has 0 aromatic carbocycles. The Morgan fingerprint density at radius 3 is 2.86 bits per heavy atom. The first-order chi connectivity index (χ1) is 9.85. The Kier molecular flexibility index (Phi) is 3.20. The third kappa shape index (κ3) is 2.63. The zero-order valence-electron chi connectivity index (χ0n) is 11.7. The van der Waals surface area contributed by atoms with Crippen LogP contribution in [0, 0.1) is 13.8 Å². The molecule has 0 aliphatic carbocycles. The van der Waals surface area contributed by atoms with Crippen LogP contribution in [-0.4, -0.2) is 42.0 Å². The molecule has 2 aromatic rings. The number of carbonyl (C=O) groups is 1. The Labute approximate surface area is 121 Å². The van der Waals surface area contributed by atoms with Crippen molar-refractivity contribution < 1.29 is 17.7 Å². The van der Waals surface area contributed by atoms with Crippen molar-refractivity contribution in [1.82, 2.24) is 15.5 Å². The molecule has 0 radical (unpaired) electrons. The molecule has 1 atom stereocenters. The van der Waals surface area contributed by atoms with Crippen LogP contribution in [0.4, 0.5) is 0 Å². The average molecular weight is 309 g/mol. The van der Waals surface area contributed by atoms with Crippen LogP contribution in [0.25, 0.3) is 11.1 Å². The van der Waals surface area contributed by atoms with Crippen molar-refractivity contribution in [2.45, 2.75) is 26.3 Å². The first-order valence-electron chi connectivity index (χ1n) is 6.60. The monoisotopic (exact) mass is 309 g/mol. The highest BCUT2D eigenvalue weighted by Gasteiger charge is 2.30. The van der Waals surface area contributed by atoms with E-state index in [9.17, 15) is 13.2 Å². The van der Waals surface area contributed by atoms with Crippen LogP contribution in [0.5, 0.6) is 0 Å². The predicted molar refractivity (Wildman–Crippen MR) is 75.8 cm³/mol. The van der Waals surface area contributed by atoms with Gasteiger partial charge in [0.2, 0.25) is 0 Å². The second-order valence-electron chi connectivity index (χ2n) is 5.33. The van der Waals surface area contributed by atoms with E-state index in [0.29, 0.717) is 34.5 Å². The molecule has 112 valence electrons. The molecule has 1 saturated heterocycles. The van der Waals surface area contributed by atoms with Crippen LogP contribution in [0.2, 0.25) is 0 Å². The summed E-state index contributed by atoms with van der Waals surface area (Å²) in [5, 5.41) is 7.16. The first kappa shape index (κ1) is 14.0. The van der Waals surface area contributed by atoms with Crippen molar-refractivity contribution in [3.8, 4) is 0 Å². The Hall–Kier alpha value is -1.96. The number of aryl methyl sites for hydroxylation is 2. The summed E-state index contributed by atoms with van der Waals surface area (Å²) in [6, 6.07) is 1.32. The molecule has 3 heterocycles. The maximum atomic E-state index is 12.4. The van der Waals surface area contributed by atoms with E-state index in [1.165, 1.54) is 0 Å². The van der Waals surface area contributed by atoms with E-state index in [0.717, 1.165) is 0 Å². The summed E-state index contributed by atoms with van der Waals surface area (Å²) in [4.78, 5) is 16.6. The van der Waals surface area contributed by atoms with Gasteiger partial charge in [0, 0.05) is 11.7 Å². The van der Waals surface area contributed by atoms with Gasteiger partial charge in [-0.25, -0.2) is 13.4 Å². The molecule has 7 nitrogen and oxygen atoms in total. The molecule has 8 heteroatoms. The van der Waals surface area contributed by atoms with Gasteiger partial charge < -0.3 is 9.84 Å². The lowest BCUT2D eigenvalue weighted by Crippen LogP contribution is -2.35. The SMILES string of the molecule is Cc1cc(C(=O)N[C@@H]2CCS(=O)(=O)C2)c2c(C)noc2n1. The predicted octanol–water partition coefficient (Wildman–Crippen LogP) is 0.757. The largest absolute Gasteiger partial charge is 0.348 e. The fourth-order valence-electron chi connectivity index (χ4n) is 2.57. The van der Waals surface area contributed by atoms with Crippen molar-refractivity contribution in [2.24, 2.45) is 0 Å². The summed E-state index contributed by atoms with van der Waals surface area (Å²) in [6.45, 7) is 3.49. The van der Waals surface area contributed by atoms with E-state index < -0.39 is 9.84 Å². The van der Waals surface area contributed by atoms with Gasteiger partial charge >= 0.3 is 0 Å². The number of hydrogen-bond acceptors (Lipinski definition) is 6. The van der Waals surface area contributed by atoms with Gasteiger partial charge in [0.25, 0.3) is 11.6 Å². The minimum Gasteiger partial charge on any atom is -0.348 e. The highest BCUT2D eigenvalue weighted by molar-refractivity contribution is 7.91. The average Bonchev–Trinajstić information content (AvgIpc) is 2.92. The zero-order chi connectivity index (χ0) is 15.2. The van der Waals surface area contributed by atoms with E-state index in [1.54, 1.807) is 19.9 Å². The molecule has 1 N–H and O–H groups in total. The van der Waals surface area contributed by atoms with Gasteiger partial charge in [0.1, 0.15) is 0 Å². The van der Waals surface area contributed by atoms with Crippen LogP contribution in [0.3, 0.4) is 0 Å². The number of fused-ring (bicyclic) bond motifs is 1. The number of nitrogens with zero attached hydrogens (tertiary/aromatic N) is 2. The molecule has 2 aromatic heterocycles. The van der Waals surface area contributed by atoms with Gasteiger partial charge in [0.15, 0.2) is 9.84 Å². The first-order valence-corrected chi connectivity index (χ1v) is 8.43. The Balaban J connectivity index is 1.93. The van der Waals surface area contributed by atoms with Crippen molar-refractivity contribution in [2.75, 3.05) is 11.5 Å². The number of rotatable bonds is 2. The lowest BCUT2D eigenvalue weighted by Gasteiger charge is -2.11. The minimum absolute atomic E-state index is 0.00539. The molecule has 1 amide bonds. The summed E-state index contributed by atoms with van der Waals surface area (Å²) in [5.41, 5.74) is 1.96. The van der Waals surface area contributed by atoms with Gasteiger partial charge in [0.05, 0.1) is 28.1 Å². The van der Waals surface area contributed by atoms with E-state index in [4.69, 9.17) is 4.52 Å². The van der Waals surface area contributed by atoms with Crippen molar-refractivity contribution in [3.05, 3.63) is 23.0 Å². The fourth-order valence-corrected chi connectivity index (χ4v) is 4.24.